The molecule has 0 heterocycles. The van der Waals surface area contributed by atoms with Crippen molar-refractivity contribution in [2.45, 2.75) is 11.8 Å². The highest BCUT2D eigenvalue weighted by Crippen LogP contribution is 2.23. The summed E-state index contributed by atoms with van der Waals surface area (Å²) in [5, 5.41) is 8.70. The fraction of sp³-hybridized carbons (Fsp3) is 0.0714. The van der Waals surface area contributed by atoms with Crippen molar-refractivity contribution in [1.82, 2.24) is 0 Å². The summed E-state index contributed by atoms with van der Waals surface area (Å²) in [7, 11) is -3.69. The van der Waals surface area contributed by atoms with Crippen molar-refractivity contribution in [3.8, 4) is 6.07 Å². The molecule has 102 valence electrons. The van der Waals surface area contributed by atoms with Crippen molar-refractivity contribution in [2.24, 2.45) is 0 Å². The zero-order chi connectivity index (χ0) is 14.8. The van der Waals surface area contributed by atoms with Crippen molar-refractivity contribution in [2.75, 3.05) is 10.5 Å². The lowest BCUT2D eigenvalue weighted by Gasteiger charge is -2.11. The Labute approximate surface area is 117 Å². The summed E-state index contributed by atoms with van der Waals surface area (Å²) in [6.45, 7) is 1.74. The summed E-state index contributed by atoms with van der Waals surface area (Å²) in [6, 6.07) is 12.7. The molecule has 20 heavy (non-hydrogen) atoms. The molecule has 0 amide bonds. The number of anilines is 2. The lowest BCUT2D eigenvalue weighted by atomic mass is 10.2. The minimum Gasteiger partial charge on any atom is -0.398 e. The zero-order valence-electron chi connectivity index (χ0n) is 10.8. The van der Waals surface area contributed by atoms with E-state index in [9.17, 15) is 8.42 Å². The Morgan fingerprint density at radius 1 is 1.15 bits per heavy atom. The Kier molecular flexibility index (Phi) is 3.63. The third kappa shape index (κ3) is 2.73. The van der Waals surface area contributed by atoms with E-state index in [0.29, 0.717) is 22.5 Å². The van der Waals surface area contributed by atoms with Gasteiger partial charge in [-0.2, -0.15) is 5.26 Å². The first-order valence-electron chi connectivity index (χ1n) is 5.82. The lowest BCUT2D eigenvalue weighted by molar-refractivity contribution is 0.601. The molecule has 0 saturated heterocycles. The van der Waals surface area contributed by atoms with E-state index >= 15 is 0 Å². The monoisotopic (exact) mass is 287 g/mol. The van der Waals surface area contributed by atoms with Gasteiger partial charge in [0.25, 0.3) is 10.0 Å². The quantitative estimate of drug-likeness (QED) is 0.846. The Balaban J connectivity index is 2.36. The van der Waals surface area contributed by atoms with Gasteiger partial charge in [-0.1, -0.05) is 6.07 Å². The van der Waals surface area contributed by atoms with Gasteiger partial charge in [0.05, 0.1) is 22.2 Å². The summed E-state index contributed by atoms with van der Waals surface area (Å²) in [6.07, 6.45) is 0. The van der Waals surface area contributed by atoms with Crippen LogP contribution < -0.4 is 10.5 Å². The van der Waals surface area contributed by atoms with Crippen LogP contribution in [0.5, 0.6) is 0 Å². The highest BCUT2D eigenvalue weighted by atomic mass is 32.2. The van der Waals surface area contributed by atoms with Crippen molar-refractivity contribution in [3.05, 3.63) is 53.6 Å². The number of nitrogens with zero attached hydrogens (tertiary/aromatic N) is 1. The second-order valence-electron chi connectivity index (χ2n) is 4.26. The van der Waals surface area contributed by atoms with Crippen LogP contribution in [0.15, 0.2) is 47.4 Å². The number of nitrogens with two attached hydrogens (primary N) is 1. The Morgan fingerprint density at radius 3 is 2.40 bits per heavy atom. The molecule has 5 nitrogen and oxygen atoms in total. The average Bonchev–Trinajstić information content (AvgIpc) is 2.44. The molecule has 0 aliphatic rings. The Bertz CT molecular complexity index is 775. The maximum atomic E-state index is 12.2. The van der Waals surface area contributed by atoms with Gasteiger partial charge in [0.2, 0.25) is 0 Å². The van der Waals surface area contributed by atoms with Crippen molar-refractivity contribution in [3.63, 3.8) is 0 Å². The molecule has 2 aromatic carbocycles. The molecular formula is C14H13N3O2S. The van der Waals surface area contributed by atoms with Gasteiger partial charge >= 0.3 is 0 Å². The topological polar surface area (TPSA) is 96.0 Å². The number of sulfonamides is 1. The average molecular weight is 287 g/mol. The van der Waals surface area contributed by atoms with Crippen LogP contribution in [0.1, 0.15) is 11.1 Å². The van der Waals surface area contributed by atoms with Gasteiger partial charge < -0.3 is 5.73 Å². The van der Waals surface area contributed by atoms with Crippen LogP contribution in [-0.2, 0) is 10.0 Å². The molecule has 0 spiro atoms. The van der Waals surface area contributed by atoms with Crippen LogP contribution >= 0.6 is 0 Å². The summed E-state index contributed by atoms with van der Waals surface area (Å²) in [5.41, 5.74) is 7.78. The molecule has 0 unspecified atom stereocenters. The van der Waals surface area contributed by atoms with Crippen molar-refractivity contribution < 1.29 is 8.42 Å². The predicted molar refractivity (Wildman–Crippen MR) is 77.6 cm³/mol. The molecule has 0 bridgehead atoms. The molecule has 0 aliphatic carbocycles. The first-order valence-corrected chi connectivity index (χ1v) is 7.30. The van der Waals surface area contributed by atoms with E-state index in [4.69, 9.17) is 11.0 Å². The third-order valence-corrected chi connectivity index (χ3v) is 4.30. The maximum Gasteiger partial charge on any atom is 0.261 e. The molecule has 0 saturated carbocycles. The Morgan fingerprint density at radius 2 is 1.80 bits per heavy atom. The lowest BCUT2D eigenvalue weighted by Crippen LogP contribution is -2.14. The van der Waals surface area contributed by atoms with Gasteiger partial charge in [-0.05, 0) is 48.9 Å². The van der Waals surface area contributed by atoms with Crippen molar-refractivity contribution >= 4 is 21.4 Å². The molecule has 2 rings (SSSR count). The zero-order valence-corrected chi connectivity index (χ0v) is 11.6. The minimum absolute atomic E-state index is 0.0957. The van der Waals surface area contributed by atoms with Crippen LogP contribution in [0.25, 0.3) is 0 Å². The molecule has 0 aromatic heterocycles. The fourth-order valence-corrected chi connectivity index (χ4v) is 2.80. The van der Waals surface area contributed by atoms with Crippen LogP contribution in [0.4, 0.5) is 11.4 Å². The van der Waals surface area contributed by atoms with E-state index in [1.54, 1.807) is 25.1 Å². The largest absolute Gasteiger partial charge is 0.398 e. The molecule has 3 N–H and O–H groups in total. The molecule has 0 atom stereocenters. The number of hydrogen-bond donors (Lipinski definition) is 2. The first-order chi connectivity index (χ1) is 9.44. The number of rotatable bonds is 3. The van der Waals surface area contributed by atoms with Gasteiger partial charge in [0.15, 0.2) is 0 Å². The summed E-state index contributed by atoms with van der Waals surface area (Å²) in [5.74, 6) is 0. The number of nitrogens with one attached hydrogen (secondary N) is 1. The number of benzene rings is 2. The second-order valence-corrected chi connectivity index (χ2v) is 5.94. The predicted octanol–water partition coefficient (Wildman–Crippen LogP) is 2.25. The van der Waals surface area contributed by atoms with E-state index in [1.807, 2.05) is 6.07 Å². The van der Waals surface area contributed by atoms with E-state index in [1.165, 1.54) is 24.3 Å². The highest BCUT2D eigenvalue weighted by molar-refractivity contribution is 7.92. The fourth-order valence-electron chi connectivity index (χ4n) is 1.68. The molecule has 2 aromatic rings. The van der Waals surface area contributed by atoms with Crippen LogP contribution in [0.2, 0.25) is 0 Å². The van der Waals surface area contributed by atoms with Gasteiger partial charge in [-0.25, -0.2) is 8.42 Å². The minimum atomic E-state index is -3.69. The summed E-state index contributed by atoms with van der Waals surface area (Å²) < 4.78 is 27.0. The molecule has 0 fully saturated rings. The summed E-state index contributed by atoms with van der Waals surface area (Å²) in [4.78, 5) is 0.0957. The molecular weight excluding hydrogens is 274 g/mol. The molecule has 0 radical (unpaired) electrons. The smallest absolute Gasteiger partial charge is 0.261 e. The number of nitrogen functional groups attached to an aromatic ring is 1. The van der Waals surface area contributed by atoms with Gasteiger partial charge in [-0.15, -0.1) is 0 Å². The van der Waals surface area contributed by atoms with Gasteiger partial charge in [-0.3, -0.25) is 4.72 Å². The highest BCUT2D eigenvalue weighted by Gasteiger charge is 2.15. The van der Waals surface area contributed by atoms with Gasteiger partial charge in [0, 0.05) is 5.69 Å². The van der Waals surface area contributed by atoms with E-state index in [0.717, 1.165) is 0 Å². The van der Waals surface area contributed by atoms with Crippen molar-refractivity contribution in [1.29, 1.82) is 5.26 Å². The van der Waals surface area contributed by atoms with E-state index in [2.05, 4.69) is 4.72 Å². The number of hydrogen-bond acceptors (Lipinski definition) is 4. The van der Waals surface area contributed by atoms with Crippen LogP contribution in [0.3, 0.4) is 0 Å². The van der Waals surface area contributed by atoms with E-state index < -0.39 is 10.0 Å². The molecule has 0 aliphatic heterocycles. The first kappa shape index (κ1) is 13.9. The molecule has 6 heteroatoms. The van der Waals surface area contributed by atoms with Gasteiger partial charge in [0.1, 0.15) is 0 Å². The van der Waals surface area contributed by atoms with Crippen LogP contribution in [-0.4, -0.2) is 8.42 Å². The summed E-state index contributed by atoms with van der Waals surface area (Å²) >= 11 is 0. The third-order valence-electron chi connectivity index (χ3n) is 2.91. The van der Waals surface area contributed by atoms with E-state index in [-0.39, 0.29) is 4.90 Å². The second kappa shape index (κ2) is 5.23. The normalized spacial score (nSPS) is 10.8. The number of nitriles is 1. The van der Waals surface area contributed by atoms with Crippen LogP contribution in [0, 0.1) is 18.3 Å². The standard InChI is InChI=1S/C14H13N3O2S/c1-10-13(16)3-2-4-14(10)17-20(18,19)12-7-5-11(9-15)6-8-12/h2-8,17H,16H2,1H3. The Hall–Kier alpha value is -2.52. The maximum absolute atomic E-state index is 12.2. The SMILES string of the molecule is Cc1c(N)cccc1NS(=O)(=O)c1ccc(C#N)cc1.